The summed E-state index contributed by atoms with van der Waals surface area (Å²) in [5.41, 5.74) is -0.792. The van der Waals surface area contributed by atoms with Gasteiger partial charge in [-0.15, -0.1) is 19.6 Å². The molecule has 2 aromatic heterocycles. The van der Waals surface area contributed by atoms with Crippen LogP contribution in [0.25, 0.3) is 32.9 Å². The Balaban J connectivity index is 1.25. The lowest BCUT2D eigenvalue weighted by atomic mass is 9.94. The molecule has 0 radical (unpaired) electrons. The molecule has 4 atom stereocenters. The maximum absolute atomic E-state index is 17.3. The number of halogens is 5. The Labute approximate surface area is 321 Å². The third-order valence-corrected chi connectivity index (χ3v) is 11.5. The fourth-order valence-electron chi connectivity index (χ4n) is 9.12. The summed E-state index contributed by atoms with van der Waals surface area (Å²) in [4.78, 5) is 33.7. The van der Waals surface area contributed by atoms with Gasteiger partial charge in [-0.2, -0.15) is 9.97 Å². The Morgan fingerprint density at radius 2 is 1.86 bits per heavy atom. The van der Waals surface area contributed by atoms with Crippen molar-refractivity contribution >= 4 is 33.6 Å². The van der Waals surface area contributed by atoms with E-state index in [1.165, 1.54) is 6.07 Å². The van der Waals surface area contributed by atoms with Crippen LogP contribution in [0.2, 0.25) is 0 Å². The minimum absolute atomic E-state index is 0.0209. The molecule has 0 bridgehead atoms. The summed E-state index contributed by atoms with van der Waals surface area (Å²) < 4.78 is 88.7. The number of rotatable bonds is 6. The van der Waals surface area contributed by atoms with Gasteiger partial charge in [-0.05, 0) is 77.3 Å². The van der Waals surface area contributed by atoms with Crippen molar-refractivity contribution in [3.8, 4) is 29.6 Å². The molecule has 4 aliphatic rings. The van der Waals surface area contributed by atoms with Crippen LogP contribution in [-0.2, 0) is 15.9 Å². The second-order valence-corrected chi connectivity index (χ2v) is 16.2. The van der Waals surface area contributed by atoms with Crippen molar-refractivity contribution < 1.29 is 41.0 Å². The number of nitrogens with zero attached hydrogens (tertiary/aromatic N) is 6. The number of carbonyl (C=O) groups excluding carboxylic acids is 1. The number of alkyl halides is 3. The molecule has 0 aliphatic carbocycles. The normalized spacial score (nSPS) is 23.9. The van der Waals surface area contributed by atoms with E-state index in [-0.39, 0.29) is 54.4 Å². The van der Waals surface area contributed by atoms with Gasteiger partial charge < -0.3 is 19.3 Å². The Morgan fingerprint density at radius 1 is 1.05 bits per heavy atom. The van der Waals surface area contributed by atoms with Gasteiger partial charge in [-0.3, -0.25) is 9.64 Å². The minimum atomic E-state index is -4.77. The third-order valence-electron chi connectivity index (χ3n) is 11.5. The van der Waals surface area contributed by atoms with Crippen molar-refractivity contribution in [2.45, 2.75) is 102 Å². The SMILES string of the molecule is C#Cc1c(F)ccc2cccc(-c3nc4c5c(nc(OC[C@]67CCCN6C[C@H](OC(F)(F)F)C7)nc5c3F)N3C[C@@H](CC)N(C(=O)OC(C)(C)C)C[C@H]3CC4)c12. The number of fused-ring (bicyclic) bond motifs is 4. The lowest BCUT2D eigenvalue weighted by Crippen LogP contribution is -2.60. The second-order valence-electron chi connectivity index (χ2n) is 16.2. The lowest BCUT2D eigenvalue weighted by Gasteiger charge is -2.46. The molecule has 3 saturated heterocycles. The van der Waals surface area contributed by atoms with Crippen LogP contribution in [-0.4, -0.2) is 99.3 Å². The number of terminal acetylenes is 1. The smallest absolute Gasteiger partial charge is 0.461 e. The van der Waals surface area contributed by atoms with E-state index in [9.17, 15) is 18.0 Å². The van der Waals surface area contributed by atoms with Crippen LogP contribution in [0, 0.1) is 24.0 Å². The summed E-state index contributed by atoms with van der Waals surface area (Å²) in [6.07, 6.45) is 2.49. The zero-order valence-electron chi connectivity index (χ0n) is 31.7. The number of carbonyl (C=O) groups is 1. The number of benzene rings is 2. The van der Waals surface area contributed by atoms with E-state index in [0.29, 0.717) is 78.6 Å². The number of aryl methyl sites for hydroxylation is 1. The van der Waals surface area contributed by atoms with Gasteiger partial charge in [0.2, 0.25) is 0 Å². The first-order chi connectivity index (χ1) is 26.6. The quantitative estimate of drug-likeness (QED) is 0.144. The highest BCUT2D eigenvalue weighted by Gasteiger charge is 2.52. The van der Waals surface area contributed by atoms with Gasteiger partial charge in [0, 0.05) is 36.6 Å². The second kappa shape index (κ2) is 14.0. The van der Waals surface area contributed by atoms with Crippen LogP contribution in [0.3, 0.4) is 0 Å². The summed E-state index contributed by atoms with van der Waals surface area (Å²) in [6, 6.07) is 7.29. The molecule has 4 aliphatic heterocycles. The lowest BCUT2D eigenvalue weighted by molar-refractivity contribution is -0.340. The predicted molar refractivity (Wildman–Crippen MR) is 199 cm³/mol. The largest absolute Gasteiger partial charge is 0.522 e. The van der Waals surface area contributed by atoms with E-state index in [1.54, 1.807) is 29.2 Å². The van der Waals surface area contributed by atoms with Crippen molar-refractivity contribution in [3.05, 3.63) is 53.2 Å². The van der Waals surface area contributed by atoms with Crippen LogP contribution in [0.5, 0.6) is 6.01 Å². The molecule has 2 aromatic carbocycles. The van der Waals surface area contributed by atoms with Crippen LogP contribution >= 0.6 is 0 Å². The van der Waals surface area contributed by atoms with Crippen LogP contribution < -0.4 is 9.64 Å². The monoisotopic (exact) mass is 778 g/mol. The molecule has 10 nitrogen and oxygen atoms in total. The highest BCUT2D eigenvalue weighted by Crippen LogP contribution is 2.44. The van der Waals surface area contributed by atoms with E-state index < -0.39 is 41.3 Å². The molecular weight excluding hydrogens is 735 g/mol. The molecule has 56 heavy (non-hydrogen) atoms. The van der Waals surface area contributed by atoms with Crippen LogP contribution in [0.1, 0.15) is 71.1 Å². The van der Waals surface area contributed by atoms with Gasteiger partial charge in [0.25, 0.3) is 0 Å². The van der Waals surface area contributed by atoms with E-state index in [0.717, 1.165) is 6.42 Å². The maximum atomic E-state index is 17.3. The molecule has 0 N–H and O–H groups in total. The summed E-state index contributed by atoms with van der Waals surface area (Å²) >= 11 is 0. The summed E-state index contributed by atoms with van der Waals surface area (Å²) in [5, 5.41) is 1.33. The average Bonchev–Trinajstić information content (AvgIpc) is 3.63. The number of amides is 1. The molecule has 4 aromatic rings. The summed E-state index contributed by atoms with van der Waals surface area (Å²) in [6.45, 7) is 8.75. The van der Waals surface area contributed by atoms with Crippen molar-refractivity contribution in [3.63, 3.8) is 0 Å². The molecule has 6 heterocycles. The number of aromatic nitrogens is 3. The molecule has 0 unspecified atom stereocenters. The topological polar surface area (TPSA) is 93.2 Å². The van der Waals surface area contributed by atoms with Crippen LogP contribution in [0.4, 0.5) is 32.6 Å². The highest BCUT2D eigenvalue weighted by atomic mass is 19.4. The first kappa shape index (κ1) is 38.1. The van der Waals surface area contributed by atoms with E-state index in [1.807, 2.05) is 32.6 Å². The molecule has 15 heteroatoms. The van der Waals surface area contributed by atoms with Gasteiger partial charge in [0.1, 0.15) is 35.1 Å². The molecule has 296 valence electrons. The third kappa shape index (κ3) is 6.84. The predicted octanol–water partition coefficient (Wildman–Crippen LogP) is 7.78. The van der Waals surface area contributed by atoms with Gasteiger partial charge in [0.15, 0.2) is 5.82 Å². The number of hydrogen-bond acceptors (Lipinski definition) is 9. The van der Waals surface area contributed by atoms with Crippen molar-refractivity contribution in [2.24, 2.45) is 0 Å². The van der Waals surface area contributed by atoms with E-state index in [2.05, 4.69) is 20.5 Å². The van der Waals surface area contributed by atoms with Crippen molar-refractivity contribution in [1.29, 1.82) is 0 Å². The summed E-state index contributed by atoms with van der Waals surface area (Å²) in [7, 11) is 0. The molecule has 0 saturated carbocycles. The Hall–Kier alpha value is -4.81. The number of piperazine rings is 1. The van der Waals surface area contributed by atoms with Crippen molar-refractivity contribution in [1.82, 2.24) is 24.8 Å². The standard InChI is InChI=1S/C41H43F5N6O4/c1-6-24-19-51-25(20-52(24)38(53)56-39(3,4)5)13-15-30-32-35(33(43)34(47-30)28-11-8-10-23-12-14-29(42)27(7-2)31(23)28)48-37(49-36(32)51)54-22-40-16-9-17-50(40)21-26(18-40)55-41(44,45)46/h2,8,10-12,14,24-26H,6,9,13,15-22H2,1,3-5H3/t24-,25-,26-,40-/m1/s1. The number of pyridine rings is 1. The van der Waals surface area contributed by atoms with Crippen molar-refractivity contribution in [2.75, 3.05) is 37.7 Å². The van der Waals surface area contributed by atoms with Gasteiger partial charge in [-0.1, -0.05) is 37.1 Å². The highest BCUT2D eigenvalue weighted by molar-refractivity contribution is 6.03. The van der Waals surface area contributed by atoms with E-state index in [4.69, 9.17) is 25.9 Å². The van der Waals surface area contributed by atoms with Crippen LogP contribution in [0.15, 0.2) is 30.3 Å². The summed E-state index contributed by atoms with van der Waals surface area (Å²) in [5.74, 6) is 1.41. The van der Waals surface area contributed by atoms with Gasteiger partial charge >= 0.3 is 18.5 Å². The fourth-order valence-corrected chi connectivity index (χ4v) is 9.12. The maximum Gasteiger partial charge on any atom is 0.522 e. The Bertz CT molecular complexity index is 2260. The minimum Gasteiger partial charge on any atom is -0.461 e. The molecular formula is C41H43F5N6O4. The fraction of sp³-hybridized carbons (Fsp3) is 0.512. The first-order valence-corrected chi connectivity index (χ1v) is 19.0. The first-order valence-electron chi connectivity index (χ1n) is 19.0. The molecule has 3 fully saturated rings. The number of anilines is 1. The van der Waals surface area contributed by atoms with Gasteiger partial charge in [-0.25, -0.2) is 18.6 Å². The molecule has 8 rings (SSSR count). The number of ether oxygens (including phenoxy) is 3. The number of hydrogen-bond donors (Lipinski definition) is 0. The Kier molecular flexibility index (Phi) is 9.51. The zero-order valence-corrected chi connectivity index (χ0v) is 31.7. The average molecular weight is 779 g/mol. The van der Waals surface area contributed by atoms with Gasteiger partial charge in [0.05, 0.1) is 34.3 Å². The molecule has 1 amide bonds. The van der Waals surface area contributed by atoms with E-state index >= 15 is 8.78 Å². The zero-order chi connectivity index (χ0) is 39.7. The molecule has 0 spiro atoms. The Morgan fingerprint density at radius 3 is 2.59 bits per heavy atom.